The van der Waals surface area contributed by atoms with Crippen LogP contribution in [0.3, 0.4) is 0 Å². The van der Waals surface area contributed by atoms with Gasteiger partial charge in [-0.15, -0.1) is 0 Å². The molecule has 0 atom stereocenters. The Morgan fingerprint density at radius 3 is 2.55 bits per heavy atom. The Bertz CT molecular complexity index is 989. The number of ether oxygens (including phenoxy) is 1. The minimum absolute atomic E-state index is 0.126. The predicted octanol–water partition coefficient (Wildman–Crippen LogP) is 5.43. The number of hydrogen-bond donors (Lipinski definition) is 0. The number of likely N-dealkylation sites (tertiary alicyclic amines) is 1. The van der Waals surface area contributed by atoms with E-state index in [0.717, 1.165) is 67.7 Å². The third kappa shape index (κ3) is 4.65. The first-order valence-corrected chi connectivity index (χ1v) is 10.7. The fraction of sp³-hybridized carbons (Fsp3) is 0.375. The molecule has 1 aliphatic heterocycles. The van der Waals surface area contributed by atoms with Crippen LogP contribution < -0.4 is 4.74 Å². The average Bonchev–Trinajstić information content (AvgIpc) is 3.10. The van der Waals surface area contributed by atoms with Gasteiger partial charge < -0.3 is 14.2 Å². The number of carbonyl (C=O) groups excluding carboxylic acids is 1. The minimum Gasteiger partial charge on any atom is -0.489 e. The van der Waals surface area contributed by atoms with E-state index in [1.54, 1.807) is 6.92 Å². The van der Waals surface area contributed by atoms with Crippen molar-refractivity contribution in [2.75, 3.05) is 19.6 Å². The van der Waals surface area contributed by atoms with Crippen LogP contribution in [-0.4, -0.2) is 41.0 Å². The molecule has 29 heavy (non-hydrogen) atoms. The van der Waals surface area contributed by atoms with E-state index in [-0.39, 0.29) is 11.9 Å². The van der Waals surface area contributed by atoms with Gasteiger partial charge in [0.2, 0.25) is 0 Å². The molecule has 0 amide bonds. The van der Waals surface area contributed by atoms with Crippen molar-refractivity contribution in [3.05, 3.63) is 65.3 Å². The van der Waals surface area contributed by atoms with Crippen molar-refractivity contribution >= 4 is 28.3 Å². The van der Waals surface area contributed by atoms with Gasteiger partial charge in [0.25, 0.3) is 0 Å². The number of halogens is 1. The van der Waals surface area contributed by atoms with Gasteiger partial charge in [-0.3, -0.25) is 4.79 Å². The molecule has 2 aromatic carbocycles. The van der Waals surface area contributed by atoms with Crippen LogP contribution in [0.2, 0.25) is 5.02 Å². The number of carbonyl (C=O) groups is 1. The van der Waals surface area contributed by atoms with E-state index in [9.17, 15) is 4.79 Å². The van der Waals surface area contributed by atoms with E-state index in [2.05, 4.69) is 15.5 Å². The topological polar surface area (TPSA) is 34.5 Å². The summed E-state index contributed by atoms with van der Waals surface area (Å²) in [6, 6.07) is 15.8. The summed E-state index contributed by atoms with van der Waals surface area (Å²) in [5.41, 5.74) is 1.96. The summed E-state index contributed by atoms with van der Waals surface area (Å²) < 4.78 is 8.31. The third-order valence-electron chi connectivity index (χ3n) is 5.71. The molecule has 4 rings (SSSR count). The lowest BCUT2D eigenvalue weighted by atomic mass is 10.1. The molecule has 0 unspecified atom stereocenters. The van der Waals surface area contributed by atoms with Crippen molar-refractivity contribution < 1.29 is 9.53 Å². The van der Waals surface area contributed by atoms with Crippen molar-refractivity contribution in [1.82, 2.24) is 9.47 Å². The van der Waals surface area contributed by atoms with Gasteiger partial charge >= 0.3 is 0 Å². The zero-order valence-corrected chi connectivity index (χ0v) is 17.6. The highest BCUT2D eigenvalue weighted by atomic mass is 35.5. The molecule has 5 heteroatoms. The van der Waals surface area contributed by atoms with Crippen molar-refractivity contribution in [3.8, 4) is 5.75 Å². The highest BCUT2D eigenvalue weighted by molar-refractivity contribution is 6.32. The maximum atomic E-state index is 11.9. The first kappa shape index (κ1) is 20.0. The van der Waals surface area contributed by atoms with E-state index < -0.39 is 0 Å². The summed E-state index contributed by atoms with van der Waals surface area (Å²) in [7, 11) is 0. The van der Waals surface area contributed by atoms with Gasteiger partial charge in [-0.25, -0.2) is 0 Å². The van der Waals surface area contributed by atoms with Gasteiger partial charge in [-0.05, 0) is 50.9 Å². The largest absolute Gasteiger partial charge is 0.489 e. The maximum absolute atomic E-state index is 11.9. The standard InChI is InChI=1S/C24H27ClN2O2/c1-18(28)21-17-27(23-9-4-2-7-20(21)23)14-6-13-26-15-11-19(12-16-26)29-24-10-5-3-8-22(24)25/h2-5,7-10,17,19H,6,11-16H2,1H3. The number of hydrogen-bond acceptors (Lipinski definition) is 3. The monoisotopic (exact) mass is 410 g/mol. The summed E-state index contributed by atoms with van der Waals surface area (Å²) in [6.45, 7) is 5.70. The molecular formula is C24H27ClN2O2. The summed E-state index contributed by atoms with van der Waals surface area (Å²) in [6.07, 6.45) is 5.35. The van der Waals surface area contributed by atoms with Crippen LogP contribution in [-0.2, 0) is 6.54 Å². The van der Waals surface area contributed by atoms with E-state index in [4.69, 9.17) is 16.3 Å². The molecule has 1 aromatic heterocycles. The number of benzene rings is 2. The molecule has 0 spiro atoms. The Labute approximate surface area is 177 Å². The third-order valence-corrected chi connectivity index (χ3v) is 6.02. The Kier molecular flexibility index (Phi) is 6.22. The molecule has 2 heterocycles. The van der Waals surface area contributed by atoms with Crippen LogP contribution in [0.25, 0.3) is 10.9 Å². The second-order valence-electron chi connectivity index (χ2n) is 7.75. The molecule has 3 aromatic rings. The van der Waals surface area contributed by atoms with Crippen LogP contribution in [0.1, 0.15) is 36.5 Å². The van der Waals surface area contributed by atoms with Crippen molar-refractivity contribution in [2.24, 2.45) is 0 Å². The molecule has 0 saturated carbocycles. The minimum atomic E-state index is 0.126. The molecule has 0 radical (unpaired) electrons. The fourth-order valence-electron chi connectivity index (χ4n) is 4.15. The molecule has 1 aliphatic rings. The zero-order chi connectivity index (χ0) is 20.2. The van der Waals surface area contributed by atoms with Crippen molar-refractivity contribution in [2.45, 2.75) is 38.8 Å². The van der Waals surface area contributed by atoms with Crippen molar-refractivity contribution in [1.29, 1.82) is 0 Å². The lowest BCUT2D eigenvalue weighted by molar-refractivity contribution is 0.0994. The molecule has 0 N–H and O–H groups in total. The number of para-hydroxylation sites is 2. The predicted molar refractivity (Wildman–Crippen MR) is 118 cm³/mol. The molecular weight excluding hydrogens is 384 g/mol. The lowest BCUT2D eigenvalue weighted by Crippen LogP contribution is -2.39. The summed E-state index contributed by atoms with van der Waals surface area (Å²) in [4.78, 5) is 14.4. The number of ketones is 1. The number of rotatable bonds is 7. The van der Waals surface area contributed by atoms with Gasteiger partial charge in [-0.1, -0.05) is 41.9 Å². The van der Waals surface area contributed by atoms with Gasteiger partial charge in [0.15, 0.2) is 5.78 Å². The summed E-state index contributed by atoms with van der Waals surface area (Å²) >= 11 is 6.20. The normalized spacial score (nSPS) is 15.7. The molecule has 0 aliphatic carbocycles. The van der Waals surface area contributed by atoms with E-state index >= 15 is 0 Å². The van der Waals surface area contributed by atoms with Crippen LogP contribution in [0.15, 0.2) is 54.7 Å². The van der Waals surface area contributed by atoms with Crippen LogP contribution >= 0.6 is 11.6 Å². The fourth-order valence-corrected chi connectivity index (χ4v) is 4.33. The molecule has 0 bridgehead atoms. The number of aryl methyl sites for hydroxylation is 1. The number of aromatic nitrogens is 1. The summed E-state index contributed by atoms with van der Waals surface area (Å²) in [5, 5.41) is 1.73. The van der Waals surface area contributed by atoms with Crippen LogP contribution in [0.5, 0.6) is 5.75 Å². The molecule has 152 valence electrons. The Morgan fingerprint density at radius 2 is 1.79 bits per heavy atom. The van der Waals surface area contributed by atoms with Gasteiger partial charge in [0.05, 0.1) is 5.02 Å². The maximum Gasteiger partial charge on any atom is 0.161 e. The first-order valence-electron chi connectivity index (χ1n) is 10.3. The Balaban J connectivity index is 1.28. The van der Waals surface area contributed by atoms with Crippen LogP contribution in [0, 0.1) is 0 Å². The van der Waals surface area contributed by atoms with Gasteiger partial charge in [0, 0.05) is 42.3 Å². The molecule has 4 nitrogen and oxygen atoms in total. The van der Waals surface area contributed by atoms with Gasteiger partial charge in [-0.2, -0.15) is 0 Å². The second-order valence-corrected chi connectivity index (χ2v) is 8.16. The van der Waals surface area contributed by atoms with E-state index in [0.29, 0.717) is 5.02 Å². The quantitative estimate of drug-likeness (QED) is 0.487. The van der Waals surface area contributed by atoms with Crippen LogP contribution in [0.4, 0.5) is 0 Å². The molecule has 1 fully saturated rings. The number of fused-ring (bicyclic) bond motifs is 1. The van der Waals surface area contributed by atoms with E-state index in [1.807, 2.05) is 48.7 Å². The highest BCUT2D eigenvalue weighted by Gasteiger charge is 2.21. The Hall–Kier alpha value is -2.30. The highest BCUT2D eigenvalue weighted by Crippen LogP contribution is 2.27. The number of Topliss-reactive ketones (excluding diaryl/α,β-unsaturated/α-hetero) is 1. The molecule has 1 saturated heterocycles. The average molecular weight is 411 g/mol. The SMILES string of the molecule is CC(=O)c1cn(CCCN2CCC(Oc3ccccc3Cl)CC2)c2ccccc12. The van der Waals surface area contributed by atoms with Crippen molar-refractivity contribution in [3.63, 3.8) is 0 Å². The van der Waals surface area contributed by atoms with Gasteiger partial charge in [0.1, 0.15) is 11.9 Å². The smallest absolute Gasteiger partial charge is 0.161 e. The number of nitrogens with zero attached hydrogens (tertiary/aromatic N) is 2. The lowest BCUT2D eigenvalue weighted by Gasteiger charge is -2.32. The Morgan fingerprint density at radius 1 is 1.07 bits per heavy atom. The number of piperidine rings is 1. The second kappa shape index (κ2) is 9.02. The van der Waals surface area contributed by atoms with E-state index in [1.165, 1.54) is 0 Å². The first-order chi connectivity index (χ1) is 14.1. The summed E-state index contributed by atoms with van der Waals surface area (Å²) in [5.74, 6) is 0.911. The zero-order valence-electron chi connectivity index (χ0n) is 16.8.